The summed E-state index contributed by atoms with van der Waals surface area (Å²) in [4.78, 5) is 0.117. The topological polar surface area (TPSA) is 118 Å². The SMILES string of the molecule is NCC1CCCCC1NS(=O)(=O)CCNS(=O)(=O)c1ccccc1. The zero-order valence-electron chi connectivity index (χ0n) is 13.5. The summed E-state index contributed by atoms with van der Waals surface area (Å²) in [7, 11) is -7.25. The average molecular weight is 376 g/mol. The van der Waals surface area contributed by atoms with Crippen molar-refractivity contribution in [3.8, 4) is 0 Å². The fraction of sp³-hybridized carbons (Fsp3) is 0.600. The van der Waals surface area contributed by atoms with Gasteiger partial charge in [-0.25, -0.2) is 26.3 Å². The van der Waals surface area contributed by atoms with Crippen molar-refractivity contribution in [3.63, 3.8) is 0 Å². The lowest BCUT2D eigenvalue weighted by molar-refractivity contribution is 0.296. The Kier molecular flexibility index (Phi) is 6.76. The number of hydrogen-bond donors (Lipinski definition) is 3. The zero-order valence-corrected chi connectivity index (χ0v) is 15.2. The van der Waals surface area contributed by atoms with Crippen molar-refractivity contribution in [3.05, 3.63) is 30.3 Å². The standard InChI is InChI=1S/C15H25N3O4S2/c16-12-13-6-4-5-9-15(13)18-23(19,20)11-10-17-24(21,22)14-7-2-1-3-8-14/h1-3,7-8,13,15,17-18H,4-6,9-12,16H2. The highest BCUT2D eigenvalue weighted by Crippen LogP contribution is 2.24. The van der Waals surface area contributed by atoms with E-state index in [0.717, 1.165) is 25.7 Å². The lowest BCUT2D eigenvalue weighted by Gasteiger charge is -2.31. The van der Waals surface area contributed by atoms with Crippen LogP contribution in [0.3, 0.4) is 0 Å². The fourth-order valence-corrected chi connectivity index (χ4v) is 5.37. The van der Waals surface area contributed by atoms with E-state index < -0.39 is 20.0 Å². The Hall–Kier alpha value is -1.00. The van der Waals surface area contributed by atoms with Gasteiger partial charge in [-0.05, 0) is 37.4 Å². The van der Waals surface area contributed by atoms with E-state index in [9.17, 15) is 16.8 Å². The summed E-state index contributed by atoms with van der Waals surface area (Å²) in [6, 6.07) is 7.71. The molecule has 1 aliphatic carbocycles. The molecule has 7 nitrogen and oxygen atoms in total. The molecule has 24 heavy (non-hydrogen) atoms. The summed E-state index contributed by atoms with van der Waals surface area (Å²) in [6.07, 6.45) is 3.74. The van der Waals surface area contributed by atoms with E-state index in [2.05, 4.69) is 9.44 Å². The first kappa shape index (κ1) is 19.3. The van der Waals surface area contributed by atoms with Crippen LogP contribution in [0.1, 0.15) is 25.7 Å². The number of benzene rings is 1. The lowest BCUT2D eigenvalue weighted by atomic mass is 9.85. The summed E-state index contributed by atoms with van der Waals surface area (Å²) < 4.78 is 53.5. The number of nitrogens with two attached hydrogens (primary N) is 1. The second kappa shape index (κ2) is 8.39. The van der Waals surface area contributed by atoms with Crippen molar-refractivity contribution in [1.82, 2.24) is 9.44 Å². The Morgan fingerprint density at radius 2 is 1.71 bits per heavy atom. The Balaban J connectivity index is 1.88. The molecule has 0 radical (unpaired) electrons. The first-order valence-corrected chi connectivity index (χ1v) is 11.2. The second-order valence-corrected chi connectivity index (χ2v) is 9.67. The van der Waals surface area contributed by atoms with E-state index >= 15 is 0 Å². The van der Waals surface area contributed by atoms with E-state index in [1.54, 1.807) is 18.2 Å². The van der Waals surface area contributed by atoms with Gasteiger partial charge in [0.05, 0.1) is 10.6 Å². The maximum absolute atomic E-state index is 12.2. The Labute approximate surface area is 144 Å². The van der Waals surface area contributed by atoms with E-state index in [1.807, 2.05) is 0 Å². The van der Waals surface area contributed by atoms with Crippen molar-refractivity contribution < 1.29 is 16.8 Å². The minimum atomic E-state index is -3.69. The molecule has 1 saturated carbocycles. The summed E-state index contributed by atoms with van der Waals surface area (Å²) in [5, 5.41) is 0. The first-order valence-electron chi connectivity index (χ1n) is 8.09. The van der Waals surface area contributed by atoms with E-state index in [0.29, 0.717) is 6.54 Å². The molecule has 1 aliphatic rings. The maximum atomic E-state index is 12.2. The van der Waals surface area contributed by atoms with Crippen LogP contribution in [0.5, 0.6) is 0 Å². The third-order valence-electron chi connectivity index (χ3n) is 4.26. The van der Waals surface area contributed by atoms with Gasteiger partial charge in [-0.15, -0.1) is 0 Å². The summed E-state index contributed by atoms with van der Waals surface area (Å²) >= 11 is 0. The molecule has 0 saturated heterocycles. The fourth-order valence-electron chi connectivity index (χ4n) is 2.93. The lowest BCUT2D eigenvalue weighted by Crippen LogP contribution is -2.46. The molecule has 1 fully saturated rings. The highest BCUT2D eigenvalue weighted by Gasteiger charge is 2.27. The molecular formula is C15H25N3O4S2. The number of sulfonamides is 2. The third kappa shape index (κ3) is 5.52. The summed E-state index contributed by atoms with van der Waals surface area (Å²) in [5.74, 6) is -0.151. The van der Waals surface area contributed by atoms with Crippen LogP contribution in [0.4, 0.5) is 0 Å². The van der Waals surface area contributed by atoms with Crippen LogP contribution in [0.15, 0.2) is 35.2 Å². The minimum absolute atomic E-state index is 0.117. The number of nitrogens with one attached hydrogen (secondary N) is 2. The van der Waals surface area contributed by atoms with Crippen LogP contribution in [0.2, 0.25) is 0 Å². The molecule has 2 atom stereocenters. The molecule has 2 unspecified atom stereocenters. The van der Waals surface area contributed by atoms with Gasteiger partial charge in [-0.3, -0.25) is 0 Å². The highest BCUT2D eigenvalue weighted by molar-refractivity contribution is 7.90. The van der Waals surface area contributed by atoms with Crippen LogP contribution >= 0.6 is 0 Å². The van der Waals surface area contributed by atoms with Gasteiger partial charge < -0.3 is 5.73 Å². The predicted molar refractivity (Wildman–Crippen MR) is 93.4 cm³/mol. The predicted octanol–water partition coefficient (Wildman–Crippen LogP) is 0.402. The van der Waals surface area contributed by atoms with Gasteiger partial charge in [0, 0.05) is 12.6 Å². The van der Waals surface area contributed by atoms with Crippen molar-refractivity contribution in [2.45, 2.75) is 36.6 Å². The number of rotatable bonds is 8. The van der Waals surface area contributed by atoms with E-state index in [1.165, 1.54) is 12.1 Å². The molecule has 9 heteroatoms. The molecule has 0 aliphatic heterocycles. The molecule has 0 spiro atoms. The van der Waals surface area contributed by atoms with Gasteiger partial charge in [0.15, 0.2) is 0 Å². The molecule has 0 amide bonds. The second-order valence-electron chi connectivity index (χ2n) is 6.03. The molecule has 1 aromatic rings. The van der Waals surface area contributed by atoms with Crippen LogP contribution in [0.25, 0.3) is 0 Å². The van der Waals surface area contributed by atoms with Crippen molar-refractivity contribution in [1.29, 1.82) is 0 Å². The molecule has 4 N–H and O–H groups in total. The molecule has 0 bridgehead atoms. The van der Waals surface area contributed by atoms with E-state index in [-0.39, 0.29) is 29.2 Å². The Morgan fingerprint density at radius 1 is 1.04 bits per heavy atom. The molecule has 1 aromatic carbocycles. The largest absolute Gasteiger partial charge is 0.330 e. The van der Waals surface area contributed by atoms with Crippen molar-refractivity contribution in [2.75, 3.05) is 18.8 Å². The zero-order chi connectivity index (χ0) is 17.6. The first-order chi connectivity index (χ1) is 11.3. The molecular weight excluding hydrogens is 350 g/mol. The quantitative estimate of drug-likeness (QED) is 0.608. The Bertz CT molecular complexity index is 720. The van der Waals surface area contributed by atoms with Gasteiger partial charge in [-0.2, -0.15) is 0 Å². The smallest absolute Gasteiger partial charge is 0.240 e. The van der Waals surface area contributed by atoms with Crippen LogP contribution in [-0.2, 0) is 20.0 Å². The Morgan fingerprint density at radius 3 is 2.38 bits per heavy atom. The van der Waals surface area contributed by atoms with Crippen molar-refractivity contribution >= 4 is 20.0 Å². The van der Waals surface area contributed by atoms with Gasteiger partial charge in [0.25, 0.3) is 0 Å². The van der Waals surface area contributed by atoms with Gasteiger partial charge in [0.1, 0.15) is 0 Å². The van der Waals surface area contributed by atoms with Gasteiger partial charge >= 0.3 is 0 Å². The maximum Gasteiger partial charge on any atom is 0.240 e. The molecule has 0 heterocycles. The van der Waals surface area contributed by atoms with Gasteiger partial charge in [-0.1, -0.05) is 31.0 Å². The molecule has 2 rings (SSSR count). The van der Waals surface area contributed by atoms with Crippen LogP contribution < -0.4 is 15.2 Å². The number of hydrogen-bond acceptors (Lipinski definition) is 5. The summed E-state index contributed by atoms with van der Waals surface area (Å²) in [5.41, 5.74) is 5.71. The van der Waals surface area contributed by atoms with E-state index in [4.69, 9.17) is 5.73 Å². The van der Waals surface area contributed by atoms with Crippen LogP contribution in [-0.4, -0.2) is 41.7 Å². The van der Waals surface area contributed by atoms with Crippen LogP contribution in [0, 0.1) is 5.92 Å². The monoisotopic (exact) mass is 375 g/mol. The molecule has 0 aromatic heterocycles. The molecule has 136 valence electrons. The third-order valence-corrected chi connectivity index (χ3v) is 7.14. The highest BCUT2D eigenvalue weighted by atomic mass is 32.2. The van der Waals surface area contributed by atoms with Gasteiger partial charge in [0.2, 0.25) is 20.0 Å². The normalized spacial score (nSPS) is 22.4. The average Bonchev–Trinajstić information content (AvgIpc) is 2.55. The van der Waals surface area contributed by atoms with Crippen molar-refractivity contribution in [2.24, 2.45) is 11.7 Å². The minimum Gasteiger partial charge on any atom is -0.330 e. The summed E-state index contributed by atoms with van der Waals surface area (Å²) in [6.45, 7) is 0.278.